The summed E-state index contributed by atoms with van der Waals surface area (Å²) in [5.41, 5.74) is 5.30. The third kappa shape index (κ3) is 4.59. The predicted molar refractivity (Wildman–Crippen MR) is 101 cm³/mol. The monoisotopic (exact) mass is 342 g/mol. The van der Waals surface area contributed by atoms with Gasteiger partial charge in [0.1, 0.15) is 6.54 Å². The Balaban J connectivity index is 1.51. The number of hydrogen-bond acceptors (Lipinski definition) is 2. The molecule has 1 N–H and O–H groups in total. The van der Waals surface area contributed by atoms with Crippen molar-refractivity contribution >= 4 is 17.8 Å². The van der Waals surface area contributed by atoms with Crippen molar-refractivity contribution in [1.82, 2.24) is 5.01 Å². The van der Waals surface area contributed by atoms with Crippen molar-refractivity contribution < 1.29 is 4.90 Å². The molecule has 0 aromatic heterocycles. The molecule has 3 rings (SSSR count). The summed E-state index contributed by atoms with van der Waals surface area (Å²) in [6, 6.07) is 14.6. The summed E-state index contributed by atoms with van der Waals surface area (Å²) >= 11 is 5.91. The Morgan fingerprint density at radius 2 is 1.79 bits per heavy atom. The summed E-state index contributed by atoms with van der Waals surface area (Å²) in [4.78, 5) is 1.64. The van der Waals surface area contributed by atoms with Crippen LogP contribution in [0.2, 0.25) is 5.02 Å². The van der Waals surface area contributed by atoms with Gasteiger partial charge in [0.25, 0.3) is 0 Å². The molecule has 0 amide bonds. The molecule has 3 nitrogen and oxygen atoms in total. The number of halogens is 1. The number of aryl methyl sites for hydroxylation is 2. The van der Waals surface area contributed by atoms with Crippen molar-refractivity contribution in [1.29, 1.82) is 0 Å². The van der Waals surface area contributed by atoms with Crippen molar-refractivity contribution in [2.75, 3.05) is 26.2 Å². The van der Waals surface area contributed by atoms with Crippen molar-refractivity contribution in [3.8, 4) is 0 Å². The standard InChI is InChI=1S/C20H24ClN3/c1-16-3-6-19(17(2)13-16)15-23-9-11-24(12-10-23)22-14-18-4-7-20(21)8-5-18/h3-8,13-14H,9-12,15H2,1-2H3/p+1. The molecule has 2 aromatic carbocycles. The highest BCUT2D eigenvalue weighted by atomic mass is 35.5. The molecule has 0 unspecified atom stereocenters. The summed E-state index contributed by atoms with van der Waals surface area (Å²) in [6.07, 6.45) is 1.92. The molecule has 1 aliphatic heterocycles. The minimum Gasteiger partial charge on any atom is -0.328 e. The zero-order valence-corrected chi connectivity index (χ0v) is 15.2. The lowest BCUT2D eigenvalue weighted by atomic mass is 10.1. The third-order valence-electron chi connectivity index (χ3n) is 4.63. The fourth-order valence-corrected chi connectivity index (χ4v) is 3.24. The molecule has 0 bridgehead atoms. The van der Waals surface area contributed by atoms with Crippen LogP contribution in [0.1, 0.15) is 22.3 Å². The highest BCUT2D eigenvalue weighted by Gasteiger charge is 2.19. The van der Waals surface area contributed by atoms with Gasteiger partial charge in [0.15, 0.2) is 0 Å². The fraction of sp³-hybridized carbons (Fsp3) is 0.350. The Morgan fingerprint density at radius 1 is 1.08 bits per heavy atom. The van der Waals surface area contributed by atoms with Crippen LogP contribution < -0.4 is 4.90 Å². The molecular weight excluding hydrogens is 318 g/mol. The summed E-state index contributed by atoms with van der Waals surface area (Å²) in [7, 11) is 0. The molecule has 126 valence electrons. The van der Waals surface area contributed by atoms with Gasteiger partial charge in [-0.2, -0.15) is 5.10 Å². The van der Waals surface area contributed by atoms with E-state index in [2.05, 4.69) is 42.2 Å². The van der Waals surface area contributed by atoms with Gasteiger partial charge in [0.2, 0.25) is 0 Å². The van der Waals surface area contributed by atoms with Gasteiger partial charge in [-0.15, -0.1) is 0 Å². The van der Waals surface area contributed by atoms with E-state index < -0.39 is 0 Å². The molecule has 1 saturated heterocycles. The summed E-state index contributed by atoms with van der Waals surface area (Å²) in [6.45, 7) is 9.75. The molecule has 2 aromatic rings. The van der Waals surface area contributed by atoms with Crippen LogP contribution in [0.3, 0.4) is 0 Å². The molecular formula is C20H25ClN3+. The maximum absolute atomic E-state index is 5.91. The number of quaternary nitrogens is 1. The number of hydrazone groups is 1. The molecule has 0 radical (unpaired) electrons. The lowest BCUT2D eigenvalue weighted by Crippen LogP contribution is -3.13. The van der Waals surface area contributed by atoms with E-state index in [1.54, 1.807) is 4.90 Å². The van der Waals surface area contributed by atoms with Gasteiger partial charge in [-0.25, -0.2) is 0 Å². The first kappa shape index (κ1) is 17.0. The number of hydrogen-bond donors (Lipinski definition) is 1. The van der Waals surface area contributed by atoms with Crippen molar-refractivity contribution in [2.45, 2.75) is 20.4 Å². The minimum absolute atomic E-state index is 0.760. The van der Waals surface area contributed by atoms with Gasteiger partial charge in [-0.3, -0.25) is 5.01 Å². The van der Waals surface area contributed by atoms with Gasteiger partial charge in [-0.1, -0.05) is 47.5 Å². The van der Waals surface area contributed by atoms with Crippen LogP contribution in [0, 0.1) is 13.8 Å². The molecule has 4 heteroatoms. The molecule has 1 aliphatic rings. The SMILES string of the molecule is Cc1ccc(C[NH+]2CCN(N=Cc3ccc(Cl)cc3)CC2)c(C)c1. The summed E-state index contributed by atoms with van der Waals surface area (Å²) in [5.74, 6) is 0. The maximum Gasteiger partial charge on any atom is 0.103 e. The fourth-order valence-electron chi connectivity index (χ4n) is 3.11. The van der Waals surface area contributed by atoms with Crippen LogP contribution >= 0.6 is 11.6 Å². The second-order valence-electron chi connectivity index (χ2n) is 6.61. The van der Waals surface area contributed by atoms with Crippen molar-refractivity contribution in [3.63, 3.8) is 0 Å². The lowest BCUT2D eigenvalue weighted by Gasteiger charge is -2.30. The zero-order chi connectivity index (χ0) is 16.9. The van der Waals surface area contributed by atoms with Gasteiger partial charge < -0.3 is 4.90 Å². The van der Waals surface area contributed by atoms with Crippen LogP contribution in [-0.2, 0) is 6.54 Å². The molecule has 1 heterocycles. The Hall–Kier alpha value is -1.84. The topological polar surface area (TPSA) is 20.0 Å². The largest absolute Gasteiger partial charge is 0.328 e. The molecule has 0 aliphatic carbocycles. The highest BCUT2D eigenvalue weighted by molar-refractivity contribution is 6.30. The van der Waals surface area contributed by atoms with Crippen LogP contribution in [0.15, 0.2) is 47.6 Å². The van der Waals surface area contributed by atoms with E-state index in [0.717, 1.165) is 43.3 Å². The average molecular weight is 343 g/mol. The highest BCUT2D eigenvalue weighted by Crippen LogP contribution is 2.10. The van der Waals surface area contributed by atoms with Gasteiger partial charge in [0.05, 0.1) is 32.4 Å². The molecule has 0 spiro atoms. The van der Waals surface area contributed by atoms with Crippen LogP contribution in [-0.4, -0.2) is 37.4 Å². The second-order valence-corrected chi connectivity index (χ2v) is 7.04. The second kappa shape index (κ2) is 7.82. The van der Waals surface area contributed by atoms with E-state index >= 15 is 0 Å². The van der Waals surface area contributed by atoms with E-state index in [1.807, 2.05) is 30.5 Å². The molecule has 24 heavy (non-hydrogen) atoms. The first-order chi connectivity index (χ1) is 11.6. The summed E-state index contributed by atoms with van der Waals surface area (Å²) < 4.78 is 0. The number of nitrogens with one attached hydrogen (secondary N) is 1. The third-order valence-corrected chi connectivity index (χ3v) is 4.88. The Bertz CT molecular complexity index is 701. The van der Waals surface area contributed by atoms with Crippen molar-refractivity contribution in [2.24, 2.45) is 5.10 Å². The van der Waals surface area contributed by atoms with Crippen LogP contribution in [0.25, 0.3) is 0 Å². The van der Waals surface area contributed by atoms with Crippen molar-refractivity contribution in [3.05, 3.63) is 69.7 Å². The van der Waals surface area contributed by atoms with E-state index in [9.17, 15) is 0 Å². The van der Waals surface area contributed by atoms with E-state index in [4.69, 9.17) is 11.6 Å². The number of benzene rings is 2. The maximum atomic E-state index is 5.91. The van der Waals surface area contributed by atoms with Gasteiger partial charge in [0, 0.05) is 10.6 Å². The first-order valence-electron chi connectivity index (χ1n) is 8.54. The predicted octanol–water partition coefficient (Wildman–Crippen LogP) is 2.69. The van der Waals surface area contributed by atoms with Crippen LogP contribution in [0.4, 0.5) is 0 Å². The smallest absolute Gasteiger partial charge is 0.103 e. The number of rotatable bonds is 4. The van der Waals surface area contributed by atoms with Gasteiger partial charge in [-0.05, 0) is 37.1 Å². The number of piperazine rings is 1. The van der Waals surface area contributed by atoms with E-state index in [-0.39, 0.29) is 0 Å². The normalized spacial score (nSPS) is 16.0. The quantitative estimate of drug-likeness (QED) is 0.847. The minimum atomic E-state index is 0.760. The molecule has 1 fully saturated rings. The zero-order valence-electron chi connectivity index (χ0n) is 14.4. The van der Waals surface area contributed by atoms with Gasteiger partial charge >= 0.3 is 0 Å². The Morgan fingerprint density at radius 3 is 2.46 bits per heavy atom. The van der Waals surface area contributed by atoms with Crippen LogP contribution in [0.5, 0.6) is 0 Å². The van der Waals surface area contributed by atoms with E-state index in [0.29, 0.717) is 0 Å². The lowest BCUT2D eigenvalue weighted by molar-refractivity contribution is -0.918. The summed E-state index contributed by atoms with van der Waals surface area (Å²) in [5, 5.41) is 7.53. The molecule has 0 atom stereocenters. The average Bonchev–Trinajstić information content (AvgIpc) is 2.58. The Kier molecular flexibility index (Phi) is 5.54. The number of nitrogens with zero attached hydrogens (tertiary/aromatic N) is 2. The first-order valence-corrected chi connectivity index (χ1v) is 8.92. The molecule has 0 saturated carbocycles. The van der Waals surface area contributed by atoms with E-state index in [1.165, 1.54) is 16.7 Å². The Labute approximate surface area is 149 Å².